The number of benzene rings is 1. The molecule has 18 heavy (non-hydrogen) atoms. The van der Waals surface area contributed by atoms with Gasteiger partial charge >= 0.3 is 0 Å². The number of amides is 1. The Bertz CT molecular complexity index is 445. The fourth-order valence-corrected chi connectivity index (χ4v) is 3.10. The lowest BCUT2D eigenvalue weighted by atomic mass is 9.98. The third kappa shape index (κ3) is 3.12. The zero-order chi connectivity index (χ0) is 13.1. The molecule has 98 valence electrons. The third-order valence-electron chi connectivity index (χ3n) is 3.28. The first-order chi connectivity index (χ1) is 8.61. The highest BCUT2D eigenvalue weighted by Crippen LogP contribution is 2.22. The van der Waals surface area contributed by atoms with E-state index in [2.05, 4.69) is 31.9 Å². The van der Waals surface area contributed by atoms with Crippen LogP contribution in [-0.4, -0.2) is 29.2 Å². The minimum absolute atomic E-state index is 0.162. The predicted molar refractivity (Wildman–Crippen MR) is 76.5 cm³/mol. The van der Waals surface area contributed by atoms with Crippen LogP contribution in [0, 0.1) is 11.7 Å². The van der Waals surface area contributed by atoms with E-state index >= 15 is 0 Å². The van der Waals surface area contributed by atoms with E-state index in [1.165, 1.54) is 6.07 Å². The highest BCUT2D eigenvalue weighted by molar-refractivity contribution is 9.10. The van der Waals surface area contributed by atoms with Gasteiger partial charge in [-0.1, -0.05) is 31.9 Å². The molecule has 0 N–H and O–H groups in total. The van der Waals surface area contributed by atoms with Crippen molar-refractivity contribution < 1.29 is 9.18 Å². The van der Waals surface area contributed by atoms with Gasteiger partial charge in [-0.3, -0.25) is 4.79 Å². The van der Waals surface area contributed by atoms with Crippen molar-refractivity contribution in [3.05, 3.63) is 34.1 Å². The molecule has 1 aliphatic heterocycles. The van der Waals surface area contributed by atoms with Crippen molar-refractivity contribution in [2.24, 2.45) is 5.92 Å². The molecule has 0 aliphatic carbocycles. The minimum atomic E-state index is -0.461. The maximum atomic E-state index is 13.7. The molecule has 1 aromatic rings. The first-order valence-corrected chi connectivity index (χ1v) is 7.83. The lowest BCUT2D eigenvalue weighted by Gasteiger charge is -2.31. The van der Waals surface area contributed by atoms with Gasteiger partial charge in [0.2, 0.25) is 0 Å². The van der Waals surface area contributed by atoms with Crippen LogP contribution in [0.25, 0.3) is 0 Å². The number of carbonyl (C=O) groups is 1. The fraction of sp³-hybridized carbons (Fsp3) is 0.462. The van der Waals surface area contributed by atoms with Gasteiger partial charge in [-0.25, -0.2) is 4.39 Å². The fourth-order valence-electron chi connectivity index (χ4n) is 2.12. The van der Waals surface area contributed by atoms with E-state index in [0.717, 1.165) is 18.2 Å². The second kappa shape index (κ2) is 6.15. The highest BCUT2D eigenvalue weighted by Gasteiger charge is 2.24. The smallest absolute Gasteiger partial charge is 0.256 e. The van der Waals surface area contributed by atoms with E-state index in [-0.39, 0.29) is 11.5 Å². The van der Waals surface area contributed by atoms with Gasteiger partial charge in [0.05, 0.1) is 5.56 Å². The van der Waals surface area contributed by atoms with Crippen molar-refractivity contribution in [2.45, 2.75) is 12.8 Å². The first-order valence-electron chi connectivity index (χ1n) is 5.92. The number of carbonyl (C=O) groups excluding carboxylic acids is 1. The summed E-state index contributed by atoms with van der Waals surface area (Å²) >= 11 is 6.65. The van der Waals surface area contributed by atoms with Crippen LogP contribution in [0.3, 0.4) is 0 Å². The summed E-state index contributed by atoms with van der Waals surface area (Å²) in [6, 6.07) is 4.57. The van der Waals surface area contributed by atoms with E-state index in [1.807, 2.05) is 0 Å². The third-order valence-corrected chi connectivity index (χ3v) is 4.69. The summed E-state index contributed by atoms with van der Waals surface area (Å²) in [6.45, 7) is 1.43. The van der Waals surface area contributed by atoms with E-state index in [1.54, 1.807) is 17.0 Å². The molecule has 1 aromatic carbocycles. The molecule has 0 radical (unpaired) electrons. The molecule has 1 saturated heterocycles. The summed E-state index contributed by atoms with van der Waals surface area (Å²) in [5, 5.41) is 0.974. The van der Waals surface area contributed by atoms with Gasteiger partial charge in [-0.2, -0.15) is 0 Å². The molecule has 1 amide bonds. The molecule has 1 aliphatic rings. The van der Waals surface area contributed by atoms with Gasteiger partial charge in [-0.15, -0.1) is 0 Å². The number of halogens is 3. The zero-order valence-electron chi connectivity index (χ0n) is 9.83. The van der Waals surface area contributed by atoms with Crippen LogP contribution in [-0.2, 0) is 0 Å². The number of rotatable bonds is 2. The zero-order valence-corrected chi connectivity index (χ0v) is 13.0. The Morgan fingerprint density at radius 2 is 2.06 bits per heavy atom. The molecule has 0 unspecified atom stereocenters. The molecule has 0 atom stereocenters. The summed E-state index contributed by atoms with van der Waals surface area (Å²) in [5.41, 5.74) is 0.162. The van der Waals surface area contributed by atoms with Crippen molar-refractivity contribution in [1.82, 2.24) is 4.90 Å². The molecule has 0 aromatic heterocycles. The lowest BCUT2D eigenvalue weighted by Crippen LogP contribution is -2.39. The van der Waals surface area contributed by atoms with E-state index in [0.29, 0.717) is 23.5 Å². The Balaban J connectivity index is 2.08. The molecule has 2 nitrogen and oxygen atoms in total. The maximum absolute atomic E-state index is 13.7. The van der Waals surface area contributed by atoms with Gasteiger partial charge in [0, 0.05) is 22.9 Å². The van der Waals surface area contributed by atoms with Crippen molar-refractivity contribution in [3.8, 4) is 0 Å². The van der Waals surface area contributed by atoms with Gasteiger partial charge in [0.25, 0.3) is 5.91 Å². The standard InChI is InChI=1S/C13H14Br2FNO/c14-8-9-3-5-17(6-4-9)13(18)11-2-1-10(15)7-12(11)16/h1-2,7,9H,3-6,8H2. The Labute approximate surface area is 123 Å². The average molecular weight is 379 g/mol. The Kier molecular flexibility index (Phi) is 4.78. The number of hydrogen-bond acceptors (Lipinski definition) is 1. The van der Waals surface area contributed by atoms with Gasteiger partial charge in [0.1, 0.15) is 5.82 Å². The van der Waals surface area contributed by atoms with Crippen molar-refractivity contribution in [2.75, 3.05) is 18.4 Å². The minimum Gasteiger partial charge on any atom is -0.339 e. The lowest BCUT2D eigenvalue weighted by molar-refractivity contribution is 0.0694. The van der Waals surface area contributed by atoms with Crippen molar-refractivity contribution in [3.63, 3.8) is 0 Å². The maximum Gasteiger partial charge on any atom is 0.256 e. The highest BCUT2D eigenvalue weighted by atomic mass is 79.9. The summed E-state index contributed by atoms with van der Waals surface area (Å²) in [5.74, 6) is -0.0335. The van der Waals surface area contributed by atoms with Gasteiger partial charge in [-0.05, 0) is 37.0 Å². The second-order valence-electron chi connectivity index (χ2n) is 4.51. The number of likely N-dealkylation sites (tertiary alicyclic amines) is 1. The normalized spacial score (nSPS) is 16.9. The summed E-state index contributed by atoms with van der Waals surface area (Å²) in [4.78, 5) is 13.9. The predicted octanol–water partition coefficient (Wildman–Crippen LogP) is 3.84. The summed E-state index contributed by atoms with van der Waals surface area (Å²) < 4.78 is 14.4. The van der Waals surface area contributed by atoms with Crippen LogP contribution in [0.2, 0.25) is 0 Å². The van der Waals surface area contributed by atoms with Gasteiger partial charge < -0.3 is 4.90 Å². The Hall–Kier alpha value is -0.420. The van der Waals surface area contributed by atoms with Crippen molar-refractivity contribution >= 4 is 37.8 Å². The molecule has 1 heterocycles. The molecule has 1 fully saturated rings. The van der Waals surface area contributed by atoms with Crippen LogP contribution in [0.15, 0.2) is 22.7 Å². The molecular weight excluding hydrogens is 365 g/mol. The average Bonchev–Trinajstić information content (AvgIpc) is 2.38. The van der Waals surface area contributed by atoms with E-state index in [9.17, 15) is 9.18 Å². The number of alkyl halides is 1. The number of nitrogens with zero attached hydrogens (tertiary/aromatic N) is 1. The van der Waals surface area contributed by atoms with Crippen LogP contribution < -0.4 is 0 Å². The van der Waals surface area contributed by atoms with Gasteiger partial charge in [0.15, 0.2) is 0 Å². The number of hydrogen-bond donors (Lipinski definition) is 0. The second-order valence-corrected chi connectivity index (χ2v) is 6.08. The molecule has 0 spiro atoms. The SMILES string of the molecule is O=C(c1ccc(Br)cc1F)N1CCC(CBr)CC1. The Morgan fingerprint density at radius 3 is 2.61 bits per heavy atom. The van der Waals surface area contributed by atoms with E-state index in [4.69, 9.17) is 0 Å². The largest absolute Gasteiger partial charge is 0.339 e. The van der Waals surface area contributed by atoms with E-state index < -0.39 is 5.82 Å². The molecule has 2 rings (SSSR count). The number of piperidine rings is 1. The van der Waals surface area contributed by atoms with Crippen LogP contribution in [0.4, 0.5) is 4.39 Å². The van der Waals surface area contributed by atoms with Crippen molar-refractivity contribution in [1.29, 1.82) is 0 Å². The molecular formula is C13H14Br2FNO. The summed E-state index contributed by atoms with van der Waals surface area (Å²) in [6.07, 6.45) is 1.96. The monoisotopic (exact) mass is 377 g/mol. The van der Waals surface area contributed by atoms with Crippen LogP contribution in [0.5, 0.6) is 0 Å². The molecule has 0 bridgehead atoms. The Morgan fingerprint density at radius 1 is 1.39 bits per heavy atom. The summed E-state index contributed by atoms with van der Waals surface area (Å²) in [7, 11) is 0. The topological polar surface area (TPSA) is 20.3 Å². The molecule has 0 saturated carbocycles. The molecule has 5 heteroatoms. The van der Waals surface area contributed by atoms with Crippen LogP contribution >= 0.6 is 31.9 Å². The van der Waals surface area contributed by atoms with Crippen LogP contribution in [0.1, 0.15) is 23.2 Å². The first kappa shape index (κ1) is 14.0. The quantitative estimate of drug-likeness (QED) is 0.716.